The third-order valence-electron chi connectivity index (χ3n) is 12.1. The number of aromatic nitrogens is 7. The molecule has 0 aliphatic carbocycles. The lowest BCUT2D eigenvalue weighted by Gasteiger charge is -2.12. The molecular weight excluding hydrogens is 775 g/mol. The Morgan fingerprint density at radius 3 is 1.89 bits per heavy atom. The number of rotatable bonds is 6. The van der Waals surface area contributed by atoms with Crippen LogP contribution in [0.3, 0.4) is 0 Å². The molecule has 0 saturated carbocycles. The Hall–Kier alpha value is -8.75. The standard InChI is InChI=1S/C55H33N7O/c1-3-11-34(12-4-1)46-32-53(60-55(59-46)35-13-5-2-6-14-35)62-48-18-10-8-16-40(48)42-29-37(20-23-49(42)62)54-57-28-25-45(58-54)36-19-22-41-39-15-7-9-17-47(39)61(50(41)30-36)38-21-24-51-43(31-38)44-33-56-27-26-52(44)63-51/h1-33H. The molecule has 0 fully saturated rings. The summed E-state index contributed by atoms with van der Waals surface area (Å²) in [6.07, 6.45) is 5.49. The number of hydrogen-bond acceptors (Lipinski definition) is 6. The van der Waals surface area contributed by atoms with Gasteiger partial charge in [-0.15, -0.1) is 0 Å². The molecule has 63 heavy (non-hydrogen) atoms. The number of hydrogen-bond donors (Lipinski definition) is 0. The fourth-order valence-electron chi connectivity index (χ4n) is 9.20. The normalized spacial score (nSPS) is 11.8. The predicted octanol–water partition coefficient (Wildman–Crippen LogP) is 13.4. The summed E-state index contributed by atoms with van der Waals surface area (Å²) in [6, 6.07) is 63.0. The number of nitrogens with zero attached hydrogens (tertiary/aromatic N) is 7. The van der Waals surface area contributed by atoms with Crippen LogP contribution in [-0.2, 0) is 0 Å². The first-order valence-corrected chi connectivity index (χ1v) is 20.9. The summed E-state index contributed by atoms with van der Waals surface area (Å²) in [6.45, 7) is 0. The Morgan fingerprint density at radius 2 is 1.05 bits per heavy atom. The summed E-state index contributed by atoms with van der Waals surface area (Å²) in [5, 5.41) is 6.58. The highest BCUT2D eigenvalue weighted by molar-refractivity contribution is 6.12. The summed E-state index contributed by atoms with van der Waals surface area (Å²) >= 11 is 0. The van der Waals surface area contributed by atoms with Gasteiger partial charge in [-0.05, 0) is 66.7 Å². The summed E-state index contributed by atoms with van der Waals surface area (Å²) in [5.74, 6) is 2.11. The molecule has 0 saturated heterocycles. The summed E-state index contributed by atoms with van der Waals surface area (Å²) < 4.78 is 10.7. The maximum Gasteiger partial charge on any atom is 0.162 e. The first-order chi connectivity index (χ1) is 31.2. The highest BCUT2D eigenvalue weighted by Crippen LogP contribution is 2.39. The van der Waals surface area contributed by atoms with E-state index in [1.54, 1.807) is 6.20 Å². The van der Waals surface area contributed by atoms with Crippen LogP contribution in [-0.4, -0.2) is 34.1 Å². The van der Waals surface area contributed by atoms with E-state index >= 15 is 0 Å². The van der Waals surface area contributed by atoms with Crippen LogP contribution in [0.15, 0.2) is 205 Å². The molecule has 0 amide bonds. The van der Waals surface area contributed by atoms with Crippen LogP contribution in [0.2, 0.25) is 0 Å². The summed E-state index contributed by atoms with van der Waals surface area (Å²) in [5.41, 5.74) is 12.6. The number of pyridine rings is 1. The van der Waals surface area contributed by atoms with Crippen molar-refractivity contribution in [3.63, 3.8) is 0 Å². The molecule has 0 unspecified atom stereocenters. The van der Waals surface area contributed by atoms with E-state index < -0.39 is 0 Å². The highest BCUT2D eigenvalue weighted by Gasteiger charge is 2.19. The maximum atomic E-state index is 6.16. The molecule has 6 heterocycles. The van der Waals surface area contributed by atoms with Crippen LogP contribution < -0.4 is 0 Å². The third kappa shape index (κ3) is 5.66. The van der Waals surface area contributed by atoms with Gasteiger partial charge < -0.3 is 8.98 Å². The molecule has 0 aliphatic heterocycles. The second kappa shape index (κ2) is 13.9. The van der Waals surface area contributed by atoms with Crippen LogP contribution >= 0.6 is 0 Å². The zero-order valence-electron chi connectivity index (χ0n) is 33.6. The molecule has 0 spiro atoms. The van der Waals surface area contributed by atoms with Crippen molar-refractivity contribution in [2.45, 2.75) is 0 Å². The van der Waals surface area contributed by atoms with Crippen molar-refractivity contribution in [1.82, 2.24) is 34.1 Å². The summed E-state index contributed by atoms with van der Waals surface area (Å²) in [7, 11) is 0. The highest BCUT2D eigenvalue weighted by atomic mass is 16.3. The number of para-hydroxylation sites is 2. The fraction of sp³-hybridized carbons (Fsp3) is 0. The quantitative estimate of drug-likeness (QED) is 0.166. The van der Waals surface area contributed by atoms with Gasteiger partial charge in [0.15, 0.2) is 11.6 Å². The molecule has 0 radical (unpaired) electrons. The smallest absolute Gasteiger partial charge is 0.162 e. The minimum absolute atomic E-state index is 0.650. The fourth-order valence-corrected chi connectivity index (χ4v) is 9.20. The first-order valence-electron chi connectivity index (χ1n) is 20.9. The molecule has 13 rings (SSSR count). The van der Waals surface area contributed by atoms with E-state index in [4.69, 9.17) is 24.4 Å². The average Bonchev–Trinajstić information content (AvgIpc) is 4.01. The molecule has 8 nitrogen and oxygen atoms in total. The van der Waals surface area contributed by atoms with Crippen molar-refractivity contribution in [1.29, 1.82) is 0 Å². The number of benzene rings is 7. The van der Waals surface area contributed by atoms with E-state index in [0.717, 1.165) is 99.9 Å². The van der Waals surface area contributed by atoms with Crippen molar-refractivity contribution >= 4 is 65.6 Å². The molecule has 0 N–H and O–H groups in total. The molecule has 8 heteroatoms. The van der Waals surface area contributed by atoms with Crippen LogP contribution in [0, 0.1) is 0 Å². The SMILES string of the molecule is c1ccc(-c2cc(-n3c4ccccc4c4cc(-c5nccc(-c6ccc7c8ccccc8n(-c8ccc9oc%10ccncc%10c9c8)c7c6)n5)ccc43)nc(-c3ccccc3)n2)cc1. The van der Waals surface area contributed by atoms with Crippen molar-refractivity contribution in [3.8, 4) is 56.8 Å². The van der Waals surface area contributed by atoms with Crippen molar-refractivity contribution in [2.75, 3.05) is 0 Å². The molecule has 0 atom stereocenters. The molecular formula is C55H33N7O. The summed E-state index contributed by atoms with van der Waals surface area (Å²) in [4.78, 5) is 24.7. The molecule has 6 aromatic heterocycles. The van der Waals surface area contributed by atoms with Gasteiger partial charge >= 0.3 is 0 Å². The second-order valence-electron chi connectivity index (χ2n) is 15.8. The van der Waals surface area contributed by atoms with E-state index in [1.807, 2.05) is 60.9 Å². The monoisotopic (exact) mass is 807 g/mol. The third-order valence-corrected chi connectivity index (χ3v) is 12.1. The van der Waals surface area contributed by atoms with Crippen LogP contribution in [0.4, 0.5) is 0 Å². The zero-order valence-corrected chi connectivity index (χ0v) is 33.6. The Bertz CT molecular complexity index is 3870. The lowest BCUT2D eigenvalue weighted by atomic mass is 10.1. The van der Waals surface area contributed by atoms with Crippen LogP contribution in [0.1, 0.15) is 0 Å². The van der Waals surface area contributed by atoms with Gasteiger partial charge in [-0.3, -0.25) is 9.55 Å². The van der Waals surface area contributed by atoms with Gasteiger partial charge in [-0.2, -0.15) is 0 Å². The lowest BCUT2D eigenvalue weighted by Crippen LogP contribution is -2.02. The van der Waals surface area contributed by atoms with Crippen molar-refractivity contribution in [2.24, 2.45) is 0 Å². The molecule has 13 aromatic rings. The predicted molar refractivity (Wildman–Crippen MR) is 253 cm³/mol. The molecule has 0 aliphatic rings. The van der Waals surface area contributed by atoms with E-state index in [1.165, 1.54) is 10.8 Å². The Kier molecular flexibility index (Phi) is 7.74. The maximum absolute atomic E-state index is 6.16. The Balaban J connectivity index is 0.937. The van der Waals surface area contributed by atoms with Gasteiger partial charge in [0.1, 0.15) is 17.0 Å². The number of furan rings is 1. The Morgan fingerprint density at radius 1 is 0.365 bits per heavy atom. The van der Waals surface area contributed by atoms with E-state index in [0.29, 0.717) is 11.6 Å². The van der Waals surface area contributed by atoms with E-state index in [2.05, 4.69) is 148 Å². The second-order valence-corrected chi connectivity index (χ2v) is 15.8. The first kappa shape index (κ1) is 35.0. The molecule has 0 bridgehead atoms. The van der Waals surface area contributed by atoms with E-state index in [-0.39, 0.29) is 0 Å². The van der Waals surface area contributed by atoms with Crippen molar-refractivity contribution in [3.05, 3.63) is 201 Å². The molecule has 7 aromatic carbocycles. The Labute approximate surface area is 360 Å². The lowest BCUT2D eigenvalue weighted by molar-refractivity contribution is 0.668. The van der Waals surface area contributed by atoms with Gasteiger partial charge in [0.05, 0.1) is 33.5 Å². The van der Waals surface area contributed by atoms with Crippen molar-refractivity contribution < 1.29 is 4.42 Å². The van der Waals surface area contributed by atoms with Gasteiger partial charge in [0.2, 0.25) is 0 Å². The molecule has 294 valence electrons. The topological polar surface area (TPSA) is 87.5 Å². The minimum atomic E-state index is 0.650. The minimum Gasteiger partial charge on any atom is -0.456 e. The zero-order chi connectivity index (χ0) is 41.4. The van der Waals surface area contributed by atoms with E-state index in [9.17, 15) is 0 Å². The van der Waals surface area contributed by atoms with Crippen LogP contribution in [0.5, 0.6) is 0 Å². The van der Waals surface area contributed by atoms with Crippen LogP contribution in [0.25, 0.3) is 122 Å². The van der Waals surface area contributed by atoms with Gasteiger partial charge in [0, 0.05) is 84.9 Å². The largest absolute Gasteiger partial charge is 0.456 e. The number of fused-ring (bicyclic) bond motifs is 9. The van der Waals surface area contributed by atoms with Gasteiger partial charge in [-0.25, -0.2) is 19.9 Å². The van der Waals surface area contributed by atoms with Gasteiger partial charge in [-0.1, -0.05) is 109 Å². The van der Waals surface area contributed by atoms with Gasteiger partial charge in [0.25, 0.3) is 0 Å². The average molecular weight is 808 g/mol.